The van der Waals surface area contributed by atoms with Crippen LogP contribution in [0.25, 0.3) is 11.0 Å². The Morgan fingerprint density at radius 1 is 1.15 bits per heavy atom. The highest BCUT2D eigenvalue weighted by atomic mass is 32.2. The molecule has 0 radical (unpaired) electrons. The molecule has 2 N–H and O–H groups in total. The first kappa shape index (κ1) is 12.7. The van der Waals surface area contributed by atoms with Gasteiger partial charge in [0.1, 0.15) is 0 Å². The van der Waals surface area contributed by atoms with Crippen molar-refractivity contribution in [3.63, 3.8) is 0 Å². The summed E-state index contributed by atoms with van der Waals surface area (Å²) in [6, 6.07) is 16.1. The van der Waals surface area contributed by atoms with E-state index in [1.807, 2.05) is 36.4 Å². The number of H-pyrrole nitrogens is 1. The minimum Gasteiger partial charge on any atom is -0.323 e. The molecule has 0 aliphatic heterocycles. The van der Waals surface area contributed by atoms with Crippen molar-refractivity contribution in [1.82, 2.24) is 9.97 Å². The summed E-state index contributed by atoms with van der Waals surface area (Å²) in [4.78, 5) is 8.79. The summed E-state index contributed by atoms with van der Waals surface area (Å²) in [5, 5.41) is 4.19. The van der Waals surface area contributed by atoms with E-state index >= 15 is 0 Å². The van der Waals surface area contributed by atoms with Crippen LogP contribution in [-0.4, -0.2) is 22.4 Å². The van der Waals surface area contributed by atoms with Gasteiger partial charge in [0.05, 0.1) is 17.2 Å². The van der Waals surface area contributed by atoms with Crippen LogP contribution in [0.3, 0.4) is 0 Å². The first-order chi connectivity index (χ1) is 9.85. The number of fused-ring (bicyclic) bond motifs is 1. The molecule has 0 amide bonds. The Labute approximate surface area is 121 Å². The average Bonchev–Trinajstić information content (AvgIpc) is 2.90. The van der Waals surface area contributed by atoms with Crippen molar-refractivity contribution >= 4 is 35.0 Å². The Hall–Kier alpha value is -2.27. The fourth-order valence-electron chi connectivity index (χ4n) is 1.86. The second-order valence-corrected chi connectivity index (χ2v) is 5.13. The Kier molecular flexibility index (Phi) is 3.69. The zero-order valence-corrected chi connectivity index (χ0v) is 11.8. The topological polar surface area (TPSA) is 53.1 Å². The summed E-state index contributed by atoms with van der Waals surface area (Å²) < 4.78 is 0. The SMILES string of the molecule is CSc1ccc(/C=N/Nc2nc3ccccc3[nH]2)cc1. The molecule has 0 saturated heterocycles. The van der Waals surface area contributed by atoms with Crippen LogP contribution < -0.4 is 5.43 Å². The number of hydrogen-bond acceptors (Lipinski definition) is 4. The van der Waals surface area contributed by atoms with Gasteiger partial charge in [-0.3, -0.25) is 0 Å². The van der Waals surface area contributed by atoms with E-state index in [1.54, 1.807) is 18.0 Å². The summed E-state index contributed by atoms with van der Waals surface area (Å²) in [6.45, 7) is 0. The lowest BCUT2D eigenvalue weighted by atomic mass is 10.2. The molecular weight excluding hydrogens is 268 g/mol. The highest BCUT2D eigenvalue weighted by Crippen LogP contribution is 2.14. The molecule has 2 aromatic carbocycles. The molecule has 0 atom stereocenters. The molecule has 100 valence electrons. The number of hydrazone groups is 1. The number of rotatable bonds is 4. The lowest BCUT2D eigenvalue weighted by Crippen LogP contribution is -1.92. The standard InChI is InChI=1S/C15H14N4S/c1-20-12-8-6-11(7-9-12)10-16-19-15-17-13-4-2-3-5-14(13)18-15/h2-10H,1H3,(H2,17,18,19)/b16-10+. The molecule has 4 nitrogen and oxygen atoms in total. The van der Waals surface area contributed by atoms with E-state index in [-0.39, 0.29) is 0 Å². The smallest absolute Gasteiger partial charge is 0.222 e. The van der Waals surface area contributed by atoms with Crippen molar-refractivity contribution in [2.24, 2.45) is 5.10 Å². The highest BCUT2D eigenvalue weighted by Gasteiger charge is 1.99. The van der Waals surface area contributed by atoms with E-state index in [4.69, 9.17) is 0 Å². The van der Waals surface area contributed by atoms with Crippen LogP contribution in [-0.2, 0) is 0 Å². The maximum absolute atomic E-state index is 4.39. The van der Waals surface area contributed by atoms with Crippen LogP contribution in [0.2, 0.25) is 0 Å². The zero-order valence-electron chi connectivity index (χ0n) is 11.0. The number of nitrogens with one attached hydrogen (secondary N) is 2. The summed E-state index contributed by atoms with van der Waals surface area (Å²) in [5.74, 6) is 0.642. The van der Waals surface area contributed by atoms with Crippen molar-refractivity contribution in [3.8, 4) is 0 Å². The molecule has 0 aliphatic rings. The van der Waals surface area contributed by atoms with E-state index in [9.17, 15) is 0 Å². The highest BCUT2D eigenvalue weighted by molar-refractivity contribution is 7.98. The molecule has 3 rings (SSSR count). The van der Waals surface area contributed by atoms with Crippen LogP contribution in [0.15, 0.2) is 58.5 Å². The minimum atomic E-state index is 0.642. The number of anilines is 1. The van der Waals surface area contributed by atoms with E-state index in [0.29, 0.717) is 5.95 Å². The predicted octanol–water partition coefficient (Wildman–Crippen LogP) is 3.73. The van der Waals surface area contributed by atoms with Gasteiger partial charge in [0.25, 0.3) is 0 Å². The van der Waals surface area contributed by atoms with E-state index in [1.165, 1.54) is 4.90 Å². The molecule has 0 fully saturated rings. The van der Waals surface area contributed by atoms with Gasteiger partial charge in [-0.25, -0.2) is 10.4 Å². The van der Waals surface area contributed by atoms with Crippen molar-refractivity contribution < 1.29 is 0 Å². The molecular formula is C15H14N4S. The second kappa shape index (κ2) is 5.79. The lowest BCUT2D eigenvalue weighted by molar-refractivity contribution is 1.21. The van der Waals surface area contributed by atoms with Gasteiger partial charge in [-0.05, 0) is 36.1 Å². The number of aromatic nitrogens is 2. The van der Waals surface area contributed by atoms with Gasteiger partial charge in [0.15, 0.2) is 0 Å². The summed E-state index contributed by atoms with van der Waals surface area (Å²) in [6.07, 6.45) is 3.84. The summed E-state index contributed by atoms with van der Waals surface area (Å²) in [7, 11) is 0. The lowest BCUT2D eigenvalue weighted by Gasteiger charge is -1.97. The van der Waals surface area contributed by atoms with Crippen LogP contribution >= 0.6 is 11.8 Å². The van der Waals surface area contributed by atoms with Crippen molar-refractivity contribution in [2.75, 3.05) is 11.7 Å². The van der Waals surface area contributed by atoms with Gasteiger partial charge in [0.2, 0.25) is 5.95 Å². The number of benzene rings is 2. The first-order valence-corrected chi connectivity index (χ1v) is 7.45. The Morgan fingerprint density at radius 3 is 2.70 bits per heavy atom. The van der Waals surface area contributed by atoms with Crippen LogP contribution in [0, 0.1) is 0 Å². The predicted molar refractivity (Wildman–Crippen MR) is 85.5 cm³/mol. The summed E-state index contributed by atoms with van der Waals surface area (Å²) in [5.41, 5.74) is 5.88. The normalized spacial score (nSPS) is 11.2. The third-order valence-corrected chi connectivity index (χ3v) is 3.63. The Bertz CT molecular complexity index is 698. The number of nitrogens with zero attached hydrogens (tertiary/aromatic N) is 2. The van der Waals surface area contributed by atoms with E-state index in [0.717, 1.165) is 16.6 Å². The number of para-hydroxylation sites is 2. The third-order valence-electron chi connectivity index (χ3n) is 2.89. The third kappa shape index (κ3) is 2.83. The monoisotopic (exact) mass is 282 g/mol. The Balaban J connectivity index is 1.69. The van der Waals surface area contributed by atoms with Crippen LogP contribution in [0.4, 0.5) is 5.95 Å². The van der Waals surface area contributed by atoms with Crippen LogP contribution in [0.5, 0.6) is 0 Å². The van der Waals surface area contributed by atoms with Crippen molar-refractivity contribution in [2.45, 2.75) is 4.90 Å². The maximum Gasteiger partial charge on any atom is 0.222 e. The number of aromatic amines is 1. The average molecular weight is 282 g/mol. The molecule has 1 aromatic heterocycles. The van der Waals surface area contributed by atoms with Gasteiger partial charge in [0, 0.05) is 4.90 Å². The van der Waals surface area contributed by atoms with Gasteiger partial charge in [-0.15, -0.1) is 11.8 Å². The molecule has 0 unspecified atom stereocenters. The van der Waals surface area contributed by atoms with Crippen molar-refractivity contribution in [3.05, 3.63) is 54.1 Å². The van der Waals surface area contributed by atoms with Gasteiger partial charge in [-0.2, -0.15) is 5.10 Å². The summed E-state index contributed by atoms with van der Waals surface area (Å²) >= 11 is 1.73. The van der Waals surface area contributed by atoms with Crippen LogP contribution in [0.1, 0.15) is 5.56 Å². The number of imidazole rings is 1. The molecule has 1 heterocycles. The number of hydrogen-bond donors (Lipinski definition) is 2. The zero-order chi connectivity index (χ0) is 13.8. The second-order valence-electron chi connectivity index (χ2n) is 4.25. The van der Waals surface area contributed by atoms with E-state index in [2.05, 4.69) is 38.9 Å². The van der Waals surface area contributed by atoms with Gasteiger partial charge < -0.3 is 4.98 Å². The molecule has 0 bridgehead atoms. The Morgan fingerprint density at radius 2 is 1.95 bits per heavy atom. The quantitative estimate of drug-likeness (QED) is 0.435. The fraction of sp³-hybridized carbons (Fsp3) is 0.0667. The minimum absolute atomic E-state index is 0.642. The van der Waals surface area contributed by atoms with Gasteiger partial charge >= 0.3 is 0 Å². The van der Waals surface area contributed by atoms with E-state index < -0.39 is 0 Å². The molecule has 20 heavy (non-hydrogen) atoms. The molecule has 0 aliphatic carbocycles. The molecule has 3 aromatic rings. The first-order valence-electron chi connectivity index (χ1n) is 6.23. The van der Waals surface area contributed by atoms with Crippen molar-refractivity contribution in [1.29, 1.82) is 0 Å². The molecule has 5 heteroatoms. The molecule has 0 spiro atoms. The maximum atomic E-state index is 4.39. The van der Waals surface area contributed by atoms with Gasteiger partial charge in [-0.1, -0.05) is 24.3 Å². The number of thioether (sulfide) groups is 1. The molecule has 0 saturated carbocycles. The fourth-order valence-corrected chi connectivity index (χ4v) is 2.27. The largest absolute Gasteiger partial charge is 0.323 e.